The Balaban J connectivity index is 1.40. The topological polar surface area (TPSA) is 96.3 Å². The van der Waals surface area contributed by atoms with Crippen molar-refractivity contribution in [3.8, 4) is 17.6 Å². The SMILES string of the molecule is N#Cc1ccc(NC(=O)c2cc(NCc3ccc4c(c3)OCO4)ccn2)cc1. The van der Waals surface area contributed by atoms with Crippen molar-refractivity contribution in [2.24, 2.45) is 0 Å². The second-order valence-electron chi connectivity index (χ2n) is 6.11. The summed E-state index contributed by atoms with van der Waals surface area (Å²) in [6, 6.07) is 17.9. The Morgan fingerprint density at radius 3 is 2.68 bits per heavy atom. The molecule has 0 fully saturated rings. The molecule has 138 valence electrons. The molecule has 28 heavy (non-hydrogen) atoms. The third kappa shape index (κ3) is 3.86. The minimum Gasteiger partial charge on any atom is -0.454 e. The summed E-state index contributed by atoms with van der Waals surface area (Å²) < 4.78 is 10.7. The number of pyridine rings is 1. The predicted octanol–water partition coefficient (Wildman–Crippen LogP) is 3.55. The first-order valence-corrected chi connectivity index (χ1v) is 8.61. The summed E-state index contributed by atoms with van der Waals surface area (Å²) in [5, 5.41) is 14.9. The molecule has 1 aliphatic rings. The van der Waals surface area contributed by atoms with Crippen molar-refractivity contribution < 1.29 is 14.3 Å². The number of anilines is 2. The highest BCUT2D eigenvalue weighted by atomic mass is 16.7. The molecule has 2 N–H and O–H groups in total. The number of ether oxygens (including phenoxy) is 2. The lowest BCUT2D eigenvalue weighted by molar-refractivity contribution is 0.102. The Labute approximate surface area is 161 Å². The maximum absolute atomic E-state index is 12.4. The van der Waals surface area contributed by atoms with Crippen LogP contribution in [0.25, 0.3) is 0 Å². The molecular weight excluding hydrogens is 356 g/mol. The van der Waals surface area contributed by atoms with Gasteiger partial charge >= 0.3 is 0 Å². The van der Waals surface area contributed by atoms with Crippen LogP contribution in [0.4, 0.5) is 11.4 Å². The van der Waals surface area contributed by atoms with E-state index in [1.54, 1.807) is 42.6 Å². The van der Waals surface area contributed by atoms with Crippen LogP contribution in [-0.4, -0.2) is 17.7 Å². The van der Waals surface area contributed by atoms with E-state index in [2.05, 4.69) is 15.6 Å². The Kier molecular flexibility index (Phi) is 4.76. The van der Waals surface area contributed by atoms with Crippen LogP contribution >= 0.6 is 0 Å². The number of nitrogens with one attached hydrogen (secondary N) is 2. The molecule has 1 aromatic heterocycles. The summed E-state index contributed by atoms with van der Waals surface area (Å²) in [6.45, 7) is 0.811. The number of amides is 1. The van der Waals surface area contributed by atoms with Gasteiger partial charge in [0.15, 0.2) is 11.5 Å². The zero-order valence-electron chi connectivity index (χ0n) is 14.8. The van der Waals surface area contributed by atoms with E-state index in [4.69, 9.17) is 14.7 Å². The zero-order valence-corrected chi connectivity index (χ0v) is 14.8. The molecule has 0 saturated carbocycles. The highest BCUT2D eigenvalue weighted by Crippen LogP contribution is 2.32. The molecule has 2 aromatic carbocycles. The number of carbonyl (C=O) groups is 1. The van der Waals surface area contributed by atoms with Crippen molar-refractivity contribution in [2.75, 3.05) is 17.4 Å². The fourth-order valence-corrected chi connectivity index (χ4v) is 2.74. The molecular formula is C21H16N4O3. The predicted molar refractivity (Wildman–Crippen MR) is 103 cm³/mol. The van der Waals surface area contributed by atoms with E-state index >= 15 is 0 Å². The first-order chi connectivity index (χ1) is 13.7. The van der Waals surface area contributed by atoms with Crippen LogP contribution in [0, 0.1) is 11.3 Å². The molecule has 4 rings (SSSR count). The lowest BCUT2D eigenvalue weighted by Crippen LogP contribution is -2.14. The lowest BCUT2D eigenvalue weighted by atomic mass is 10.2. The van der Waals surface area contributed by atoms with Crippen molar-refractivity contribution in [1.82, 2.24) is 4.98 Å². The number of nitrogens with zero attached hydrogens (tertiary/aromatic N) is 2. The number of benzene rings is 2. The fraction of sp³-hybridized carbons (Fsp3) is 0.0952. The minimum absolute atomic E-state index is 0.244. The number of carbonyl (C=O) groups excluding carboxylic acids is 1. The second kappa shape index (κ2) is 7.68. The van der Waals surface area contributed by atoms with E-state index in [1.165, 1.54) is 0 Å². The molecule has 0 unspecified atom stereocenters. The van der Waals surface area contributed by atoms with E-state index in [0.717, 1.165) is 22.7 Å². The molecule has 7 nitrogen and oxygen atoms in total. The van der Waals surface area contributed by atoms with E-state index < -0.39 is 0 Å². The van der Waals surface area contributed by atoms with E-state index in [0.29, 0.717) is 23.5 Å². The van der Waals surface area contributed by atoms with E-state index in [-0.39, 0.29) is 12.7 Å². The summed E-state index contributed by atoms with van der Waals surface area (Å²) >= 11 is 0. The van der Waals surface area contributed by atoms with Crippen molar-refractivity contribution in [1.29, 1.82) is 5.26 Å². The Hall–Kier alpha value is -4.05. The van der Waals surface area contributed by atoms with Gasteiger partial charge in [-0.15, -0.1) is 0 Å². The van der Waals surface area contributed by atoms with Gasteiger partial charge in [0, 0.05) is 24.1 Å². The number of nitriles is 1. The number of hydrogen-bond donors (Lipinski definition) is 2. The maximum Gasteiger partial charge on any atom is 0.274 e. The molecule has 0 radical (unpaired) electrons. The normalized spacial score (nSPS) is 11.5. The average molecular weight is 372 g/mol. The van der Waals surface area contributed by atoms with Gasteiger partial charge < -0.3 is 20.1 Å². The zero-order chi connectivity index (χ0) is 19.3. The lowest BCUT2D eigenvalue weighted by Gasteiger charge is -2.09. The van der Waals surface area contributed by atoms with Gasteiger partial charge in [0.2, 0.25) is 6.79 Å². The highest BCUT2D eigenvalue weighted by molar-refractivity contribution is 6.03. The summed E-state index contributed by atoms with van der Waals surface area (Å²) in [4.78, 5) is 16.6. The van der Waals surface area contributed by atoms with Crippen molar-refractivity contribution in [2.45, 2.75) is 6.54 Å². The molecule has 1 aliphatic heterocycles. The molecule has 0 aliphatic carbocycles. The number of hydrogen-bond acceptors (Lipinski definition) is 6. The molecule has 0 spiro atoms. The van der Waals surface area contributed by atoms with Gasteiger partial charge in [0.05, 0.1) is 11.6 Å². The van der Waals surface area contributed by atoms with Crippen LogP contribution in [-0.2, 0) is 6.54 Å². The Morgan fingerprint density at radius 2 is 1.86 bits per heavy atom. The number of aromatic nitrogens is 1. The highest BCUT2D eigenvalue weighted by Gasteiger charge is 2.13. The van der Waals surface area contributed by atoms with Gasteiger partial charge in [0.1, 0.15) is 5.69 Å². The van der Waals surface area contributed by atoms with Crippen LogP contribution in [0.3, 0.4) is 0 Å². The van der Waals surface area contributed by atoms with Gasteiger partial charge in [0.25, 0.3) is 5.91 Å². The number of rotatable bonds is 5. The van der Waals surface area contributed by atoms with Crippen molar-refractivity contribution in [3.63, 3.8) is 0 Å². The first kappa shape index (κ1) is 17.4. The Bertz CT molecular complexity index is 1060. The molecule has 1 amide bonds. The van der Waals surface area contributed by atoms with E-state index in [1.807, 2.05) is 24.3 Å². The fourth-order valence-electron chi connectivity index (χ4n) is 2.74. The largest absolute Gasteiger partial charge is 0.454 e. The molecule has 3 aromatic rings. The first-order valence-electron chi connectivity index (χ1n) is 8.61. The van der Waals surface area contributed by atoms with Gasteiger partial charge in [-0.1, -0.05) is 6.07 Å². The van der Waals surface area contributed by atoms with Gasteiger partial charge in [-0.2, -0.15) is 5.26 Å². The summed E-state index contributed by atoms with van der Waals surface area (Å²) in [5.74, 6) is 1.15. The van der Waals surface area contributed by atoms with Crippen LogP contribution in [0.5, 0.6) is 11.5 Å². The molecule has 7 heteroatoms. The van der Waals surface area contributed by atoms with Crippen LogP contribution in [0.2, 0.25) is 0 Å². The standard InChI is InChI=1S/C21H16N4O3/c22-11-14-1-4-16(5-2-14)25-21(26)18-10-17(7-8-23-18)24-12-15-3-6-19-20(9-15)28-13-27-19/h1-10H,12-13H2,(H,23,24)(H,25,26). The summed E-state index contributed by atoms with van der Waals surface area (Å²) in [7, 11) is 0. The maximum atomic E-state index is 12.4. The van der Waals surface area contributed by atoms with Crippen molar-refractivity contribution >= 4 is 17.3 Å². The average Bonchev–Trinajstić information content (AvgIpc) is 3.21. The number of fused-ring (bicyclic) bond motifs is 1. The van der Waals surface area contributed by atoms with Gasteiger partial charge in [-0.05, 0) is 54.1 Å². The van der Waals surface area contributed by atoms with Crippen LogP contribution in [0.1, 0.15) is 21.6 Å². The third-order valence-corrected chi connectivity index (χ3v) is 4.20. The monoisotopic (exact) mass is 372 g/mol. The van der Waals surface area contributed by atoms with Crippen molar-refractivity contribution in [3.05, 3.63) is 77.6 Å². The molecule has 0 saturated heterocycles. The van der Waals surface area contributed by atoms with E-state index in [9.17, 15) is 4.79 Å². The quantitative estimate of drug-likeness (QED) is 0.711. The third-order valence-electron chi connectivity index (χ3n) is 4.20. The van der Waals surface area contributed by atoms with Gasteiger partial charge in [-0.3, -0.25) is 9.78 Å². The Morgan fingerprint density at radius 1 is 1.04 bits per heavy atom. The van der Waals surface area contributed by atoms with Crippen LogP contribution in [0.15, 0.2) is 60.8 Å². The molecule has 0 bridgehead atoms. The second-order valence-corrected chi connectivity index (χ2v) is 6.11. The smallest absolute Gasteiger partial charge is 0.274 e. The summed E-state index contributed by atoms with van der Waals surface area (Å²) in [6.07, 6.45) is 1.58. The molecule has 0 atom stereocenters. The van der Waals surface area contributed by atoms with Gasteiger partial charge in [-0.25, -0.2) is 0 Å². The van der Waals surface area contributed by atoms with Crippen LogP contribution < -0.4 is 20.1 Å². The summed E-state index contributed by atoms with van der Waals surface area (Å²) in [5.41, 5.74) is 3.23. The molecule has 2 heterocycles. The minimum atomic E-state index is -0.323.